The molecule has 0 saturated heterocycles. The van der Waals surface area contributed by atoms with Crippen LogP contribution in [0, 0.1) is 0 Å². The van der Waals surface area contributed by atoms with Crippen molar-refractivity contribution in [2.45, 2.75) is 19.8 Å². The Morgan fingerprint density at radius 1 is 1.75 bits per heavy atom. The zero-order chi connectivity index (χ0) is 6.41. The summed E-state index contributed by atoms with van der Waals surface area (Å²) in [4.78, 5) is 19.6. The second kappa shape index (κ2) is 4.28. The first-order valence-electron chi connectivity index (χ1n) is 2.54. The summed E-state index contributed by atoms with van der Waals surface area (Å²) in [5.41, 5.74) is 0.229. The summed E-state index contributed by atoms with van der Waals surface area (Å²) in [6, 6.07) is 0. The SMILES string of the molecule is CCCC(=C=O)C=O. The highest BCUT2D eigenvalue weighted by molar-refractivity contribution is 5.85. The Bertz CT molecular complexity index is 120. The van der Waals surface area contributed by atoms with Gasteiger partial charge in [-0.25, -0.2) is 4.79 Å². The number of aldehydes is 1. The van der Waals surface area contributed by atoms with Crippen molar-refractivity contribution in [2.75, 3.05) is 0 Å². The lowest BCUT2D eigenvalue weighted by atomic mass is 10.2. The van der Waals surface area contributed by atoms with E-state index in [1.54, 1.807) is 5.94 Å². The van der Waals surface area contributed by atoms with Gasteiger partial charge < -0.3 is 0 Å². The number of allylic oxidation sites excluding steroid dienone is 1. The van der Waals surface area contributed by atoms with Gasteiger partial charge in [-0.3, -0.25) is 4.79 Å². The van der Waals surface area contributed by atoms with Gasteiger partial charge in [-0.2, -0.15) is 0 Å². The molecule has 0 spiro atoms. The van der Waals surface area contributed by atoms with E-state index in [4.69, 9.17) is 0 Å². The first-order chi connectivity index (χ1) is 3.85. The van der Waals surface area contributed by atoms with Crippen molar-refractivity contribution in [1.82, 2.24) is 0 Å². The maximum atomic E-state index is 9.83. The molecule has 0 rings (SSSR count). The van der Waals surface area contributed by atoms with Crippen LogP contribution in [0.4, 0.5) is 0 Å². The van der Waals surface area contributed by atoms with Crippen LogP contribution in [-0.4, -0.2) is 12.2 Å². The van der Waals surface area contributed by atoms with Crippen LogP contribution in [0.1, 0.15) is 19.8 Å². The summed E-state index contributed by atoms with van der Waals surface area (Å²) in [6.45, 7) is 1.90. The van der Waals surface area contributed by atoms with E-state index in [1.165, 1.54) is 0 Å². The number of hydrogen-bond donors (Lipinski definition) is 0. The predicted octanol–water partition coefficient (Wildman–Crippen LogP) is 0.743. The van der Waals surface area contributed by atoms with Gasteiger partial charge in [0.1, 0.15) is 5.94 Å². The van der Waals surface area contributed by atoms with Crippen LogP contribution in [0.15, 0.2) is 5.57 Å². The fourth-order valence-electron chi connectivity index (χ4n) is 0.403. The van der Waals surface area contributed by atoms with Crippen molar-refractivity contribution in [3.63, 3.8) is 0 Å². The number of hydrogen-bond acceptors (Lipinski definition) is 2. The molecule has 0 aliphatic heterocycles. The number of rotatable bonds is 3. The molecule has 0 fully saturated rings. The average Bonchev–Trinajstić information content (AvgIpc) is 1.83. The van der Waals surface area contributed by atoms with Gasteiger partial charge in [-0.1, -0.05) is 13.3 Å². The van der Waals surface area contributed by atoms with Crippen molar-refractivity contribution in [1.29, 1.82) is 0 Å². The third-order valence-corrected chi connectivity index (χ3v) is 0.793. The molecular formula is C6H8O2. The molecule has 0 bridgehead atoms. The van der Waals surface area contributed by atoms with Crippen molar-refractivity contribution in [3.05, 3.63) is 5.57 Å². The van der Waals surface area contributed by atoms with Gasteiger partial charge in [0.2, 0.25) is 0 Å². The molecule has 8 heavy (non-hydrogen) atoms. The molecule has 0 aromatic carbocycles. The van der Waals surface area contributed by atoms with Gasteiger partial charge in [0.15, 0.2) is 6.29 Å². The van der Waals surface area contributed by atoms with Crippen LogP contribution in [0.2, 0.25) is 0 Å². The van der Waals surface area contributed by atoms with E-state index in [0.717, 1.165) is 6.42 Å². The highest BCUT2D eigenvalue weighted by atomic mass is 16.1. The first-order valence-corrected chi connectivity index (χ1v) is 2.54. The molecule has 0 amide bonds. The van der Waals surface area contributed by atoms with E-state index in [2.05, 4.69) is 0 Å². The van der Waals surface area contributed by atoms with Crippen LogP contribution in [-0.2, 0) is 9.59 Å². The summed E-state index contributed by atoms with van der Waals surface area (Å²) in [5, 5.41) is 0. The van der Waals surface area contributed by atoms with Gasteiger partial charge in [-0.05, 0) is 6.42 Å². The molecule has 0 aromatic rings. The lowest BCUT2D eigenvalue weighted by molar-refractivity contribution is -0.104. The lowest BCUT2D eigenvalue weighted by Gasteiger charge is -1.83. The lowest BCUT2D eigenvalue weighted by Crippen LogP contribution is -1.82. The molecule has 44 valence electrons. The van der Waals surface area contributed by atoms with Crippen molar-refractivity contribution in [2.24, 2.45) is 0 Å². The summed E-state index contributed by atoms with van der Waals surface area (Å²) < 4.78 is 0. The predicted molar refractivity (Wildman–Crippen MR) is 30.2 cm³/mol. The van der Waals surface area contributed by atoms with E-state index in [-0.39, 0.29) is 5.57 Å². The smallest absolute Gasteiger partial charge is 0.157 e. The monoisotopic (exact) mass is 112 g/mol. The van der Waals surface area contributed by atoms with E-state index in [0.29, 0.717) is 12.7 Å². The van der Waals surface area contributed by atoms with Crippen LogP contribution in [0.25, 0.3) is 0 Å². The molecule has 0 unspecified atom stereocenters. The minimum absolute atomic E-state index is 0.229. The molecule has 0 saturated carbocycles. The van der Waals surface area contributed by atoms with Crippen LogP contribution in [0.3, 0.4) is 0 Å². The first kappa shape index (κ1) is 7.12. The third kappa shape index (κ3) is 2.32. The molecule has 0 radical (unpaired) electrons. The Labute approximate surface area is 48.2 Å². The maximum Gasteiger partial charge on any atom is 0.157 e. The minimum atomic E-state index is 0.229. The minimum Gasteiger partial charge on any atom is -0.297 e. The van der Waals surface area contributed by atoms with Crippen molar-refractivity contribution >= 4 is 12.2 Å². The largest absolute Gasteiger partial charge is 0.297 e. The maximum absolute atomic E-state index is 9.83. The van der Waals surface area contributed by atoms with Crippen molar-refractivity contribution < 1.29 is 9.59 Å². The quantitative estimate of drug-likeness (QED) is 0.306. The molecule has 0 atom stereocenters. The van der Waals surface area contributed by atoms with E-state index < -0.39 is 0 Å². The van der Waals surface area contributed by atoms with Gasteiger partial charge >= 0.3 is 0 Å². The number of carbonyl (C=O) groups is 1. The zero-order valence-electron chi connectivity index (χ0n) is 4.81. The van der Waals surface area contributed by atoms with Gasteiger partial charge in [0.25, 0.3) is 0 Å². The Hall–Kier alpha value is -0.880. The number of carbonyl (C=O) groups excluding carboxylic acids is 2. The fourth-order valence-corrected chi connectivity index (χ4v) is 0.403. The van der Waals surface area contributed by atoms with E-state index in [9.17, 15) is 9.59 Å². The summed E-state index contributed by atoms with van der Waals surface area (Å²) in [5.74, 6) is 1.55. The third-order valence-electron chi connectivity index (χ3n) is 0.793. The van der Waals surface area contributed by atoms with Crippen molar-refractivity contribution in [3.8, 4) is 0 Å². The molecular weight excluding hydrogens is 104 g/mol. The summed E-state index contributed by atoms with van der Waals surface area (Å²) in [7, 11) is 0. The second-order valence-electron chi connectivity index (χ2n) is 1.50. The summed E-state index contributed by atoms with van der Waals surface area (Å²) in [6.07, 6.45) is 1.92. The Balaban J connectivity index is 3.72. The van der Waals surface area contributed by atoms with Crippen LogP contribution >= 0.6 is 0 Å². The van der Waals surface area contributed by atoms with Gasteiger partial charge in [0.05, 0.1) is 5.57 Å². The molecule has 2 heteroatoms. The standard InChI is InChI=1S/C6H8O2/c1-2-3-6(4-7)5-8/h4H,2-3H2,1H3. The molecule has 0 N–H and O–H groups in total. The van der Waals surface area contributed by atoms with Gasteiger partial charge in [0, 0.05) is 0 Å². The molecule has 0 heterocycles. The summed E-state index contributed by atoms with van der Waals surface area (Å²) >= 11 is 0. The topological polar surface area (TPSA) is 34.1 Å². The highest BCUT2D eigenvalue weighted by Crippen LogP contribution is 1.94. The highest BCUT2D eigenvalue weighted by Gasteiger charge is 1.90. The fraction of sp³-hybridized carbons (Fsp3) is 0.500. The average molecular weight is 112 g/mol. The van der Waals surface area contributed by atoms with Gasteiger partial charge in [-0.15, -0.1) is 0 Å². The van der Waals surface area contributed by atoms with E-state index >= 15 is 0 Å². The van der Waals surface area contributed by atoms with Crippen LogP contribution in [0.5, 0.6) is 0 Å². The molecule has 0 aliphatic carbocycles. The zero-order valence-corrected chi connectivity index (χ0v) is 4.81. The second-order valence-corrected chi connectivity index (χ2v) is 1.50. The molecule has 0 aromatic heterocycles. The Morgan fingerprint density at radius 3 is 2.50 bits per heavy atom. The normalized spacial score (nSPS) is 7.62. The Kier molecular flexibility index (Phi) is 3.81. The molecule has 2 nitrogen and oxygen atoms in total. The van der Waals surface area contributed by atoms with E-state index in [1.807, 2.05) is 6.92 Å². The Morgan fingerprint density at radius 2 is 2.38 bits per heavy atom. The van der Waals surface area contributed by atoms with Crippen LogP contribution < -0.4 is 0 Å². The molecule has 0 aliphatic rings.